The number of hydrogen-bond acceptors (Lipinski definition) is 2. The molecule has 0 aromatic heterocycles. The number of nitrogens with zero attached hydrogens (tertiary/aromatic N) is 1. The maximum atomic E-state index is 6.85. The molecular weight excluding hydrogens is 154 g/mol. The molecule has 6 N–H and O–H groups in total. The Hall–Kier alpha value is -1.26. The van der Waals surface area contributed by atoms with Crippen molar-refractivity contribution < 1.29 is 0 Å². The quantitative estimate of drug-likeness (QED) is 0.271. The van der Waals surface area contributed by atoms with Gasteiger partial charge in [0, 0.05) is 6.54 Å². The van der Waals surface area contributed by atoms with Crippen LogP contribution in [0.4, 0.5) is 0 Å². The predicted octanol–water partition coefficient (Wildman–Crippen LogP) is -0.0256. The lowest BCUT2D eigenvalue weighted by molar-refractivity contribution is 0.726. The molecule has 0 amide bonds. The van der Waals surface area contributed by atoms with Gasteiger partial charge in [-0.15, -0.1) is 0 Å². The molecule has 0 aromatic carbocycles. The zero-order valence-corrected chi connectivity index (χ0v) is 7.43. The molecule has 0 atom stereocenters. The first-order chi connectivity index (χ1) is 5.66. The van der Waals surface area contributed by atoms with E-state index in [9.17, 15) is 0 Å². The van der Waals surface area contributed by atoms with Gasteiger partial charge in [0.25, 0.3) is 0 Å². The highest BCUT2D eigenvalue weighted by molar-refractivity contribution is 5.95. The average Bonchev–Trinajstić information content (AvgIpc) is 1.97. The largest absolute Gasteiger partial charge is 0.370 e. The van der Waals surface area contributed by atoms with E-state index in [1.807, 2.05) is 0 Å². The number of rotatable bonds is 4. The Balaban J connectivity index is 3.48. The molecule has 0 aromatic rings. The predicted molar refractivity (Wildman–Crippen MR) is 51.1 cm³/mol. The molecule has 0 aliphatic heterocycles. The second kappa shape index (κ2) is 6.45. The highest BCUT2D eigenvalue weighted by Gasteiger charge is 1.90. The number of nitrogens with one attached hydrogen (secondary N) is 2. The summed E-state index contributed by atoms with van der Waals surface area (Å²) in [5.41, 5.74) is 10.4. The van der Waals surface area contributed by atoms with Gasteiger partial charge in [-0.3, -0.25) is 15.7 Å². The van der Waals surface area contributed by atoms with Crippen LogP contribution in [-0.4, -0.2) is 18.5 Å². The second-order valence-corrected chi connectivity index (χ2v) is 2.51. The van der Waals surface area contributed by atoms with E-state index in [4.69, 9.17) is 16.9 Å². The number of guanidine groups is 2. The topological polar surface area (TPSA) is 100 Å². The monoisotopic (exact) mass is 171 g/mol. The number of hydrogen-bond donors (Lipinski definition) is 4. The van der Waals surface area contributed by atoms with Gasteiger partial charge in [-0.25, -0.2) is 0 Å². The lowest BCUT2D eigenvalue weighted by Crippen LogP contribution is -2.40. The average molecular weight is 171 g/mol. The minimum absolute atomic E-state index is 0.174. The molecule has 5 nitrogen and oxygen atoms in total. The van der Waals surface area contributed by atoms with E-state index in [0.29, 0.717) is 6.54 Å². The minimum atomic E-state index is -0.174. The Morgan fingerprint density at radius 3 is 2.58 bits per heavy atom. The van der Waals surface area contributed by atoms with Crippen molar-refractivity contribution in [3.8, 4) is 0 Å². The van der Waals surface area contributed by atoms with Crippen molar-refractivity contribution in [2.24, 2.45) is 16.5 Å². The van der Waals surface area contributed by atoms with Crippen LogP contribution >= 0.6 is 0 Å². The van der Waals surface area contributed by atoms with Gasteiger partial charge in [0.1, 0.15) is 0 Å². The minimum Gasteiger partial charge on any atom is -0.370 e. The fraction of sp³-hybridized carbons (Fsp3) is 0.714. The van der Waals surface area contributed by atoms with E-state index >= 15 is 0 Å². The van der Waals surface area contributed by atoms with E-state index in [-0.39, 0.29) is 11.9 Å². The van der Waals surface area contributed by atoms with Gasteiger partial charge in [0.15, 0.2) is 11.9 Å². The fourth-order valence-electron chi connectivity index (χ4n) is 0.739. The lowest BCUT2D eigenvalue weighted by Gasteiger charge is -2.01. The highest BCUT2D eigenvalue weighted by atomic mass is 15.2. The first-order valence-corrected chi connectivity index (χ1v) is 4.07. The molecule has 12 heavy (non-hydrogen) atoms. The lowest BCUT2D eigenvalue weighted by atomic mass is 10.2. The molecule has 0 heterocycles. The Morgan fingerprint density at radius 2 is 2.08 bits per heavy atom. The van der Waals surface area contributed by atoms with E-state index in [2.05, 4.69) is 17.2 Å². The van der Waals surface area contributed by atoms with Crippen LogP contribution in [0.25, 0.3) is 0 Å². The van der Waals surface area contributed by atoms with Gasteiger partial charge in [0.05, 0.1) is 0 Å². The van der Waals surface area contributed by atoms with Crippen LogP contribution in [0.3, 0.4) is 0 Å². The Labute approximate surface area is 72.7 Å². The van der Waals surface area contributed by atoms with Crippen molar-refractivity contribution in [3.05, 3.63) is 0 Å². The van der Waals surface area contributed by atoms with Gasteiger partial charge >= 0.3 is 0 Å². The summed E-state index contributed by atoms with van der Waals surface area (Å²) in [4.78, 5) is 3.96. The van der Waals surface area contributed by atoms with Crippen LogP contribution in [0, 0.1) is 5.41 Å². The third-order valence-corrected chi connectivity index (χ3v) is 1.31. The van der Waals surface area contributed by atoms with Gasteiger partial charge in [-0.05, 0) is 6.42 Å². The standard InChI is InChI=1S/C7H17N5/c1-2-3-4-5-11-7(10)12-6(8)9/h2-5H2,1H3,(H6,8,9,10,11,12). The molecule has 0 rings (SSSR count). The molecule has 70 valence electrons. The number of unbranched alkanes of at least 4 members (excludes halogenated alkanes) is 2. The molecule has 0 spiro atoms. The summed E-state index contributed by atoms with van der Waals surface area (Å²) in [5.74, 6) is 0.0466. The molecular formula is C7H17N5. The van der Waals surface area contributed by atoms with Crippen molar-refractivity contribution in [3.63, 3.8) is 0 Å². The Bertz CT molecular complexity index is 163. The molecule has 0 fully saturated rings. The van der Waals surface area contributed by atoms with Crippen molar-refractivity contribution >= 4 is 11.9 Å². The van der Waals surface area contributed by atoms with Gasteiger partial charge in [-0.1, -0.05) is 19.8 Å². The van der Waals surface area contributed by atoms with Crippen LogP contribution in [0.15, 0.2) is 4.99 Å². The van der Waals surface area contributed by atoms with Crippen molar-refractivity contribution in [1.82, 2.24) is 5.32 Å². The van der Waals surface area contributed by atoms with Crippen LogP contribution in [0.1, 0.15) is 26.2 Å². The van der Waals surface area contributed by atoms with E-state index in [1.54, 1.807) is 0 Å². The van der Waals surface area contributed by atoms with Crippen LogP contribution < -0.4 is 16.8 Å². The molecule has 5 heteroatoms. The summed E-state index contributed by atoms with van der Waals surface area (Å²) in [6.07, 6.45) is 3.34. The summed E-state index contributed by atoms with van der Waals surface area (Å²) < 4.78 is 0. The molecule has 0 bridgehead atoms. The SMILES string of the molecule is CCCCCN=C(N)NC(=N)N. The molecule has 0 unspecified atom stereocenters. The summed E-state index contributed by atoms with van der Waals surface area (Å²) >= 11 is 0. The fourth-order valence-corrected chi connectivity index (χ4v) is 0.739. The van der Waals surface area contributed by atoms with Crippen LogP contribution in [0.2, 0.25) is 0 Å². The summed E-state index contributed by atoms with van der Waals surface area (Å²) in [7, 11) is 0. The third kappa shape index (κ3) is 6.85. The molecule has 0 saturated heterocycles. The third-order valence-electron chi connectivity index (χ3n) is 1.31. The van der Waals surface area contributed by atoms with Crippen LogP contribution in [0.5, 0.6) is 0 Å². The van der Waals surface area contributed by atoms with Crippen LogP contribution in [-0.2, 0) is 0 Å². The zero-order valence-electron chi connectivity index (χ0n) is 7.43. The van der Waals surface area contributed by atoms with Gasteiger partial charge < -0.3 is 11.5 Å². The van der Waals surface area contributed by atoms with E-state index < -0.39 is 0 Å². The summed E-state index contributed by atoms with van der Waals surface area (Å²) in [6, 6.07) is 0. The molecule has 0 aliphatic carbocycles. The Morgan fingerprint density at radius 1 is 1.42 bits per heavy atom. The number of nitrogens with two attached hydrogens (primary N) is 2. The summed E-state index contributed by atoms with van der Waals surface area (Å²) in [6.45, 7) is 2.82. The van der Waals surface area contributed by atoms with Crippen molar-refractivity contribution in [2.45, 2.75) is 26.2 Å². The second-order valence-electron chi connectivity index (χ2n) is 2.51. The van der Waals surface area contributed by atoms with Crippen molar-refractivity contribution in [1.29, 1.82) is 5.41 Å². The Kier molecular flexibility index (Phi) is 5.77. The summed E-state index contributed by atoms with van der Waals surface area (Å²) in [5, 5.41) is 9.26. The maximum absolute atomic E-state index is 6.85. The van der Waals surface area contributed by atoms with E-state index in [0.717, 1.165) is 19.3 Å². The smallest absolute Gasteiger partial charge is 0.195 e. The molecule has 0 aliphatic rings. The highest BCUT2D eigenvalue weighted by Crippen LogP contribution is 1.92. The molecule has 0 radical (unpaired) electrons. The molecule has 0 saturated carbocycles. The van der Waals surface area contributed by atoms with Gasteiger partial charge in [-0.2, -0.15) is 0 Å². The van der Waals surface area contributed by atoms with E-state index in [1.165, 1.54) is 0 Å². The maximum Gasteiger partial charge on any atom is 0.195 e. The first kappa shape index (κ1) is 10.7. The van der Waals surface area contributed by atoms with Gasteiger partial charge in [0.2, 0.25) is 0 Å². The zero-order chi connectivity index (χ0) is 9.40. The first-order valence-electron chi connectivity index (χ1n) is 4.07. The number of aliphatic imine (C=N–C) groups is 1. The normalized spacial score (nSPS) is 11.2. The van der Waals surface area contributed by atoms with Crippen molar-refractivity contribution in [2.75, 3.05) is 6.54 Å².